The molecule has 0 saturated carbocycles. The number of hydrogen-bond donors (Lipinski definition) is 2. The number of aliphatic hydroxyl groups is 1. The van der Waals surface area contributed by atoms with Gasteiger partial charge in [0.15, 0.2) is 0 Å². The maximum absolute atomic E-state index is 9.91. The van der Waals surface area contributed by atoms with E-state index in [1.54, 1.807) is 17.8 Å². The molecule has 2 rings (SSSR count). The molecular weight excluding hydrogens is 244 g/mol. The largest absolute Gasteiger partial charge is 0.507 e. The lowest BCUT2D eigenvalue weighted by molar-refractivity contribution is 0.296. The molecule has 0 aliphatic heterocycles. The topological polar surface area (TPSA) is 40.5 Å². The van der Waals surface area contributed by atoms with E-state index < -0.39 is 0 Å². The van der Waals surface area contributed by atoms with E-state index in [1.807, 2.05) is 42.5 Å². The van der Waals surface area contributed by atoms with Crippen molar-refractivity contribution >= 4 is 11.8 Å². The molecule has 2 aromatic carbocycles. The molecule has 0 atom stereocenters. The Hall–Kier alpha value is -1.45. The minimum absolute atomic E-state index is 0.219. The molecule has 94 valence electrons. The summed E-state index contributed by atoms with van der Waals surface area (Å²) < 4.78 is 0. The first-order valence-electron chi connectivity index (χ1n) is 5.93. The highest BCUT2D eigenvalue weighted by Gasteiger charge is 2.05. The second kappa shape index (κ2) is 6.47. The van der Waals surface area contributed by atoms with Crippen molar-refractivity contribution in [3.63, 3.8) is 0 Å². The van der Waals surface area contributed by atoms with Crippen LogP contribution in [0.1, 0.15) is 6.42 Å². The Morgan fingerprint density at radius 2 is 1.78 bits per heavy atom. The van der Waals surface area contributed by atoms with Crippen LogP contribution in [0.4, 0.5) is 0 Å². The van der Waals surface area contributed by atoms with E-state index in [4.69, 9.17) is 5.11 Å². The van der Waals surface area contributed by atoms with Gasteiger partial charge >= 0.3 is 0 Å². The zero-order valence-electron chi connectivity index (χ0n) is 10.0. The lowest BCUT2D eigenvalue weighted by atomic mass is 10.1. The minimum atomic E-state index is 0.219. The van der Waals surface area contributed by atoms with Crippen LogP contribution in [-0.4, -0.2) is 22.6 Å². The fourth-order valence-electron chi connectivity index (χ4n) is 1.71. The molecule has 2 aromatic rings. The van der Waals surface area contributed by atoms with Gasteiger partial charge in [0, 0.05) is 22.8 Å². The van der Waals surface area contributed by atoms with E-state index in [1.165, 1.54) is 0 Å². The van der Waals surface area contributed by atoms with Crippen molar-refractivity contribution in [1.82, 2.24) is 0 Å². The van der Waals surface area contributed by atoms with Gasteiger partial charge in [0.05, 0.1) is 0 Å². The zero-order valence-corrected chi connectivity index (χ0v) is 10.9. The Bertz CT molecular complexity index is 497. The molecule has 0 unspecified atom stereocenters. The van der Waals surface area contributed by atoms with Crippen LogP contribution in [0.5, 0.6) is 5.75 Å². The van der Waals surface area contributed by atoms with E-state index in [0.717, 1.165) is 28.2 Å². The van der Waals surface area contributed by atoms with Crippen LogP contribution in [0.2, 0.25) is 0 Å². The zero-order chi connectivity index (χ0) is 12.8. The Kier molecular flexibility index (Phi) is 4.67. The average Bonchev–Trinajstić information content (AvgIpc) is 2.42. The Morgan fingerprint density at radius 1 is 1.00 bits per heavy atom. The van der Waals surface area contributed by atoms with Crippen LogP contribution >= 0.6 is 11.8 Å². The van der Waals surface area contributed by atoms with Crippen LogP contribution < -0.4 is 0 Å². The number of thioether (sulfide) groups is 1. The first kappa shape index (κ1) is 13.0. The number of phenolic OH excluding ortho intramolecular Hbond substituents is 1. The van der Waals surface area contributed by atoms with E-state index >= 15 is 0 Å². The number of rotatable bonds is 5. The van der Waals surface area contributed by atoms with E-state index in [2.05, 4.69) is 0 Å². The molecule has 3 heteroatoms. The summed E-state index contributed by atoms with van der Waals surface area (Å²) >= 11 is 1.69. The van der Waals surface area contributed by atoms with E-state index in [0.29, 0.717) is 5.75 Å². The second-order valence-corrected chi connectivity index (χ2v) is 5.14. The van der Waals surface area contributed by atoms with Crippen LogP contribution in [0.25, 0.3) is 11.1 Å². The molecule has 0 bridgehead atoms. The summed E-state index contributed by atoms with van der Waals surface area (Å²) in [6.45, 7) is 0.219. The van der Waals surface area contributed by atoms with Crippen molar-refractivity contribution in [2.75, 3.05) is 12.4 Å². The number of aromatic hydroxyl groups is 1. The van der Waals surface area contributed by atoms with Gasteiger partial charge in [0.1, 0.15) is 5.75 Å². The summed E-state index contributed by atoms with van der Waals surface area (Å²) in [7, 11) is 0. The first-order chi connectivity index (χ1) is 8.81. The summed E-state index contributed by atoms with van der Waals surface area (Å²) in [5, 5.41) is 18.7. The molecule has 0 aliphatic carbocycles. The van der Waals surface area contributed by atoms with E-state index in [-0.39, 0.29) is 6.61 Å². The molecule has 0 aromatic heterocycles. The summed E-state index contributed by atoms with van der Waals surface area (Å²) in [6, 6.07) is 15.5. The van der Waals surface area contributed by atoms with Crippen molar-refractivity contribution < 1.29 is 10.2 Å². The molecular formula is C15H16O2S. The molecule has 0 spiro atoms. The lowest BCUT2D eigenvalue weighted by Crippen LogP contribution is -1.86. The van der Waals surface area contributed by atoms with Gasteiger partial charge < -0.3 is 10.2 Å². The Morgan fingerprint density at radius 3 is 2.50 bits per heavy atom. The SMILES string of the molecule is OCCCSc1ccc(O)c(-c2ccccc2)c1. The average molecular weight is 260 g/mol. The van der Waals surface area contributed by atoms with Gasteiger partial charge in [-0.05, 0) is 30.2 Å². The second-order valence-electron chi connectivity index (χ2n) is 3.97. The molecule has 2 nitrogen and oxygen atoms in total. The third-order valence-electron chi connectivity index (χ3n) is 2.62. The highest BCUT2D eigenvalue weighted by molar-refractivity contribution is 7.99. The standard InChI is InChI=1S/C15H16O2S/c16-9-4-10-18-13-7-8-15(17)14(11-13)12-5-2-1-3-6-12/h1-3,5-8,11,16-17H,4,9-10H2. The van der Waals surface area contributed by atoms with Gasteiger partial charge in [-0.1, -0.05) is 30.3 Å². The molecule has 0 saturated heterocycles. The lowest BCUT2D eigenvalue weighted by Gasteiger charge is -2.07. The Labute approximate surface area is 111 Å². The number of benzene rings is 2. The van der Waals surface area contributed by atoms with Crippen molar-refractivity contribution in [2.45, 2.75) is 11.3 Å². The molecule has 0 heterocycles. The fraction of sp³-hybridized carbons (Fsp3) is 0.200. The van der Waals surface area contributed by atoms with Gasteiger partial charge in [-0.3, -0.25) is 0 Å². The van der Waals surface area contributed by atoms with Gasteiger partial charge in [0.25, 0.3) is 0 Å². The predicted octanol–water partition coefficient (Wildman–Crippen LogP) is 3.53. The number of aliphatic hydroxyl groups excluding tert-OH is 1. The van der Waals surface area contributed by atoms with Gasteiger partial charge in [0.2, 0.25) is 0 Å². The molecule has 0 radical (unpaired) electrons. The van der Waals surface area contributed by atoms with Crippen molar-refractivity contribution in [3.8, 4) is 16.9 Å². The van der Waals surface area contributed by atoms with Crippen molar-refractivity contribution in [3.05, 3.63) is 48.5 Å². The maximum Gasteiger partial charge on any atom is 0.123 e. The maximum atomic E-state index is 9.91. The van der Waals surface area contributed by atoms with Crippen LogP contribution in [0.15, 0.2) is 53.4 Å². The molecule has 0 amide bonds. The predicted molar refractivity (Wildman–Crippen MR) is 76.0 cm³/mol. The summed E-state index contributed by atoms with van der Waals surface area (Å²) in [4.78, 5) is 1.11. The highest BCUT2D eigenvalue weighted by atomic mass is 32.2. The smallest absolute Gasteiger partial charge is 0.123 e. The van der Waals surface area contributed by atoms with Gasteiger partial charge in [-0.15, -0.1) is 11.8 Å². The number of phenols is 1. The summed E-state index contributed by atoms with van der Waals surface area (Å²) in [5.74, 6) is 1.18. The van der Waals surface area contributed by atoms with E-state index in [9.17, 15) is 5.11 Å². The molecule has 0 fully saturated rings. The van der Waals surface area contributed by atoms with Crippen LogP contribution in [0, 0.1) is 0 Å². The third kappa shape index (κ3) is 3.28. The first-order valence-corrected chi connectivity index (χ1v) is 6.92. The Balaban J connectivity index is 2.22. The van der Waals surface area contributed by atoms with Gasteiger partial charge in [-0.2, -0.15) is 0 Å². The van der Waals surface area contributed by atoms with Crippen molar-refractivity contribution in [2.24, 2.45) is 0 Å². The van der Waals surface area contributed by atoms with Crippen LogP contribution in [0.3, 0.4) is 0 Å². The quantitative estimate of drug-likeness (QED) is 0.638. The summed E-state index contributed by atoms with van der Waals surface area (Å²) in [5.41, 5.74) is 1.87. The van der Waals surface area contributed by atoms with Gasteiger partial charge in [-0.25, -0.2) is 0 Å². The monoisotopic (exact) mass is 260 g/mol. The summed E-state index contributed by atoms with van der Waals surface area (Å²) in [6.07, 6.45) is 0.784. The fourth-order valence-corrected chi connectivity index (χ4v) is 2.58. The normalized spacial score (nSPS) is 10.5. The highest BCUT2D eigenvalue weighted by Crippen LogP contribution is 2.33. The minimum Gasteiger partial charge on any atom is -0.507 e. The molecule has 0 aliphatic rings. The molecule has 2 N–H and O–H groups in total. The number of hydrogen-bond acceptors (Lipinski definition) is 3. The molecule has 18 heavy (non-hydrogen) atoms. The van der Waals surface area contributed by atoms with Crippen molar-refractivity contribution in [1.29, 1.82) is 0 Å². The van der Waals surface area contributed by atoms with Crippen LogP contribution in [-0.2, 0) is 0 Å². The third-order valence-corrected chi connectivity index (χ3v) is 3.70.